The fourth-order valence-corrected chi connectivity index (χ4v) is 2.81. The fraction of sp³-hybridized carbons (Fsp3) is 0.0870. The van der Waals surface area contributed by atoms with Crippen LogP contribution in [0.5, 0.6) is 5.75 Å². The van der Waals surface area contributed by atoms with Crippen LogP contribution in [0.1, 0.15) is 22.3 Å². The lowest BCUT2D eigenvalue weighted by atomic mass is 10.0. The Balaban J connectivity index is 1.84. The maximum Gasteiger partial charge on any atom is 0.127 e. The van der Waals surface area contributed by atoms with Crippen LogP contribution in [0.15, 0.2) is 77.3 Å². The summed E-state index contributed by atoms with van der Waals surface area (Å²) in [5.41, 5.74) is 4.71. The molecule has 0 N–H and O–H groups in total. The SMILES string of the molecule is Cc1ccc(COc2ccccc2/C=C(\C#N)c2ccc(Br)cc2)cc1. The zero-order valence-corrected chi connectivity index (χ0v) is 16.0. The van der Waals surface area contributed by atoms with Crippen molar-refractivity contribution in [3.05, 3.63) is 99.5 Å². The molecule has 0 fully saturated rings. The lowest BCUT2D eigenvalue weighted by molar-refractivity contribution is 0.305. The van der Waals surface area contributed by atoms with Crippen LogP contribution in [-0.4, -0.2) is 0 Å². The number of halogens is 1. The summed E-state index contributed by atoms with van der Waals surface area (Å²) in [6.07, 6.45) is 1.87. The molecule has 0 amide bonds. The third kappa shape index (κ3) is 4.62. The zero-order chi connectivity index (χ0) is 18.4. The molecule has 0 saturated carbocycles. The predicted octanol–water partition coefficient (Wildman–Crippen LogP) is 6.40. The van der Waals surface area contributed by atoms with Gasteiger partial charge in [-0.25, -0.2) is 0 Å². The van der Waals surface area contributed by atoms with Gasteiger partial charge >= 0.3 is 0 Å². The van der Waals surface area contributed by atoms with Crippen molar-refractivity contribution in [1.29, 1.82) is 5.26 Å². The summed E-state index contributed by atoms with van der Waals surface area (Å²) >= 11 is 3.42. The van der Waals surface area contributed by atoms with E-state index in [0.717, 1.165) is 26.9 Å². The summed E-state index contributed by atoms with van der Waals surface area (Å²) in [6.45, 7) is 2.56. The number of benzene rings is 3. The van der Waals surface area contributed by atoms with Crippen molar-refractivity contribution in [2.45, 2.75) is 13.5 Å². The number of rotatable bonds is 5. The molecule has 0 aromatic heterocycles. The minimum Gasteiger partial charge on any atom is -0.488 e. The molecule has 0 spiro atoms. The topological polar surface area (TPSA) is 33.0 Å². The van der Waals surface area contributed by atoms with Gasteiger partial charge in [0, 0.05) is 10.0 Å². The maximum absolute atomic E-state index is 9.56. The van der Waals surface area contributed by atoms with Crippen LogP contribution < -0.4 is 4.74 Å². The molecule has 0 aliphatic carbocycles. The molecule has 0 radical (unpaired) electrons. The summed E-state index contributed by atoms with van der Waals surface area (Å²) in [5, 5.41) is 9.56. The highest BCUT2D eigenvalue weighted by molar-refractivity contribution is 9.10. The van der Waals surface area contributed by atoms with E-state index in [4.69, 9.17) is 4.74 Å². The molecular weight excluding hydrogens is 386 g/mol. The lowest BCUT2D eigenvalue weighted by Crippen LogP contribution is -1.97. The number of allylic oxidation sites excluding steroid dienone is 1. The maximum atomic E-state index is 9.56. The Labute approximate surface area is 162 Å². The number of ether oxygens (including phenoxy) is 1. The molecule has 0 bridgehead atoms. The van der Waals surface area contributed by atoms with Crippen molar-refractivity contribution in [2.24, 2.45) is 0 Å². The van der Waals surface area contributed by atoms with Crippen LogP contribution in [0.4, 0.5) is 0 Å². The first-order valence-corrected chi connectivity index (χ1v) is 9.10. The van der Waals surface area contributed by atoms with E-state index in [-0.39, 0.29) is 0 Å². The first-order valence-electron chi connectivity index (χ1n) is 8.31. The summed E-state index contributed by atoms with van der Waals surface area (Å²) in [4.78, 5) is 0. The van der Waals surface area contributed by atoms with Gasteiger partial charge in [0.05, 0.1) is 11.6 Å². The number of hydrogen-bond acceptors (Lipinski definition) is 2. The van der Waals surface area contributed by atoms with Gasteiger partial charge in [0.1, 0.15) is 12.4 Å². The highest BCUT2D eigenvalue weighted by Gasteiger charge is 2.06. The average molecular weight is 404 g/mol. The minimum absolute atomic E-state index is 0.491. The smallest absolute Gasteiger partial charge is 0.127 e. The minimum atomic E-state index is 0.491. The van der Waals surface area contributed by atoms with Crippen LogP contribution in [-0.2, 0) is 6.61 Å². The molecule has 3 rings (SSSR count). The molecule has 2 nitrogen and oxygen atoms in total. The lowest BCUT2D eigenvalue weighted by Gasteiger charge is -2.10. The average Bonchev–Trinajstić information content (AvgIpc) is 2.67. The second-order valence-electron chi connectivity index (χ2n) is 5.99. The van der Waals surface area contributed by atoms with Crippen molar-refractivity contribution in [1.82, 2.24) is 0 Å². The van der Waals surface area contributed by atoms with Crippen molar-refractivity contribution in [3.63, 3.8) is 0 Å². The Morgan fingerprint density at radius 2 is 1.69 bits per heavy atom. The Bertz CT molecular complexity index is 951. The Kier molecular flexibility index (Phi) is 5.88. The van der Waals surface area contributed by atoms with Gasteiger partial charge in [-0.1, -0.05) is 76.1 Å². The van der Waals surface area contributed by atoms with Crippen LogP contribution in [0.2, 0.25) is 0 Å². The third-order valence-electron chi connectivity index (χ3n) is 4.01. The van der Waals surface area contributed by atoms with E-state index in [2.05, 4.69) is 53.2 Å². The third-order valence-corrected chi connectivity index (χ3v) is 4.54. The molecule has 0 unspecified atom stereocenters. The quantitative estimate of drug-likeness (QED) is 0.364. The fourth-order valence-electron chi connectivity index (χ4n) is 2.54. The molecule has 128 valence electrons. The molecule has 0 heterocycles. The summed E-state index contributed by atoms with van der Waals surface area (Å²) in [5.74, 6) is 0.762. The predicted molar refractivity (Wildman–Crippen MR) is 110 cm³/mol. The highest BCUT2D eigenvalue weighted by Crippen LogP contribution is 2.26. The van der Waals surface area contributed by atoms with Gasteiger partial charge in [-0.05, 0) is 42.3 Å². The van der Waals surface area contributed by atoms with Gasteiger partial charge in [0.2, 0.25) is 0 Å². The monoisotopic (exact) mass is 403 g/mol. The molecular formula is C23H18BrNO. The second kappa shape index (κ2) is 8.51. The molecule has 3 aromatic rings. The van der Waals surface area contributed by atoms with E-state index >= 15 is 0 Å². The van der Waals surface area contributed by atoms with E-state index in [0.29, 0.717) is 12.2 Å². The Morgan fingerprint density at radius 3 is 2.38 bits per heavy atom. The van der Waals surface area contributed by atoms with Crippen molar-refractivity contribution in [2.75, 3.05) is 0 Å². The molecule has 3 heteroatoms. The first-order chi connectivity index (χ1) is 12.7. The van der Waals surface area contributed by atoms with Gasteiger partial charge in [0.15, 0.2) is 0 Å². The molecule has 0 atom stereocenters. The number of hydrogen-bond donors (Lipinski definition) is 0. The summed E-state index contributed by atoms with van der Waals surface area (Å²) in [7, 11) is 0. The van der Waals surface area contributed by atoms with Crippen LogP contribution >= 0.6 is 15.9 Å². The van der Waals surface area contributed by atoms with Crippen LogP contribution in [0, 0.1) is 18.3 Å². The Morgan fingerprint density at radius 1 is 1.00 bits per heavy atom. The molecule has 3 aromatic carbocycles. The molecule has 0 aliphatic rings. The normalized spacial score (nSPS) is 11.0. The Hall–Kier alpha value is -2.83. The van der Waals surface area contributed by atoms with E-state index in [1.807, 2.05) is 54.6 Å². The van der Waals surface area contributed by atoms with Gasteiger partial charge < -0.3 is 4.74 Å². The number of nitriles is 1. The number of nitrogens with zero attached hydrogens (tertiary/aromatic N) is 1. The van der Waals surface area contributed by atoms with Gasteiger partial charge in [-0.15, -0.1) is 0 Å². The summed E-state index contributed by atoms with van der Waals surface area (Å²) < 4.78 is 6.99. The van der Waals surface area contributed by atoms with E-state index < -0.39 is 0 Å². The number of aryl methyl sites for hydroxylation is 1. The van der Waals surface area contributed by atoms with Crippen molar-refractivity contribution >= 4 is 27.6 Å². The second-order valence-corrected chi connectivity index (χ2v) is 6.90. The number of para-hydroxylation sites is 1. The summed E-state index contributed by atoms with van der Waals surface area (Å²) in [6, 6.07) is 26.0. The van der Waals surface area contributed by atoms with Gasteiger partial charge in [-0.2, -0.15) is 5.26 Å². The van der Waals surface area contributed by atoms with E-state index in [9.17, 15) is 5.26 Å². The highest BCUT2D eigenvalue weighted by atomic mass is 79.9. The zero-order valence-electron chi connectivity index (χ0n) is 14.4. The van der Waals surface area contributed by atoms with Crippen molar-refractivity contribution in [3.8, 4) is 11.8 Å². The van der Waals surface area contributed by atoms with Crippen LogP contribution in [0.3, 0.4) is 0 Å². The van der Waals surface area contributed by atoms with E-state index in [1.54, 1.807) is 0 Å². The van der Waals surface area contributed by atoms with Gasteiger partial charge in [-0.3, -0.25) is 0 Å². The molecule has 0 saturated heterocycles. The van der Waals surface area contributed by atoms with E-state index in [1.165, 1.54) is 5.56 Å². The van der Waals surface area contributed by atoms with Crippen LogP contribution in [0.25, 0.3) is 11.6 Å². The standard InChI is InChI=1S/C23H18BrNO/c1-17-6-8-18(9-7-17)16-26-23-5-3-2-4-20(23)14-21(15-25)19-10-12-22(24)13-11-19/h2-14H,16H2,1H3/b21-14+. The molecule has 26 heavy (non-hydrogen) atoms. The van der Waals surface area contributed by atoms with Gasteiger partial charge in [0.25, 0.3) is 0 Å². The molecule has 0 aliphatic heterocycles. The largest absolute Gasteiger partial charge is 0.488 e. The first kappa shape index (κ1) is 18.0. The van der Waals surface area contributed by atoms with Crippen molar-refractivity contribution < 1.29 is 4.74 Å².